The first-order valence-corrected chi connectivity index (χ1v) is 12.4. The van der Waals surface area contributed by atoms with Crippen LogP contribution in [0, 0.1) is 11.6 Å². The molecule has 4 rings (SSSR count). The Morgan fingerprint density at radius 3 is 2.29 bits per heavy atom. The lowest BCUT2D eigenvalue weighted by Gasteiger charge is -2.22. The minimum absolute atomic E-state index is 0.114. The third-order valence-corrected chi connectivity index (χ3v) is 7.09. The molecule has 3 aromatic carbocycles. The largest absolute Gasteiger partial charge is 0.337 e. The fourth-order valence-corrected chi connectivity index (χ4v) is 4.97. The van der Waals surface area contributed by atoms with Crippen LogP contribution in [0.3, 0.4) is 0 Å². The zero-order valence-corrected chi connectivity index (χ0v) is 19.3. The standard InChI is InChI=1S/C25H25F2N3O3S/c26-23-12-11-22(17-24(23)27)34(32,33)28-21-9-7-20(8-10-21)25(31)30-14-4-13-29(15-16-30)18-19-5-2-1-3-6-19/h1-3,5-12,17,28H,4,13-16,18H2. The minimum atomic E-state index is -4.10. The van der Waals surface area contributed by atoms with Crippen molar-refractivity contribution in [3.05, 3.63) is 95.6 Å². The highest BCUT2D eigenvalue weighted by atomic mass is 32.2. The molecule has 1 N–H and O–H groups in total. The molecule has 0 atom stereocenters. The maximum absolute atomic E-state index is 13.4. The summed E-state index contributed by atoms with van der Waals surface area (Å²) in [6.45, 7) is 3.77. The molecule has 178 valence electrons. The average molecular weight is 486 g/mol. The summed E-state index contributed by atoms with van der Waals surface area (Å²) in [5.41, 5.74) is 1.90. The van der Waals surface area contributed by atoms with Crippen molar-refractivity contribution in [2.24, 2.45) is 0 Å². The summed E-state index contributed by atoms with van der Waals surface area (Å²) in [6, 6.07) is 18.6. The quantitative estimate of drug-likeness (QED) is 0.571. The van der Waals surface area contributed by atoms with Gasteiger partial charge in [0.05, 0.1) is 4.90 Å². The molecule has 0 aromatic heterocycles. The van der Waals surface area contributed by atoms with Gasteiger partial charge in [0.2, 0.25) is 0 Å². The van der Waals surface area contributed by atoms with Crippen molar-refractivity contribution in [1.82, 2.24) is 9.80 Å². The first kappa shape index (κ1) is 23.8. The second-order valence-corrected chi connectivity index (χ2v) is 9.85. The van der Waals surface area contributed by atoms with Crippen LogP contribution in [0.4, 0.5) is 14.5 Å². The van der Waals surface area contributed by atoms with Crippen molar-refractivity contribution >= 4 is 21.6 Å². The van der Waals surface area contributed by atoms with Crippen LogP contribution >= 0.6 is 0 Å². The monoisotopic (exact) mass is 485 g/mol. The van der Waals surface area contributed by atoms with Crippen LogP contribution in [0.25, 0.3) is 0 Å². The van der Waals surface area contributed by atoms with Gasteiger partial charge in [0.15, 0.2) is 11.6 Å². The molecule has 1 saturated heterocycles. The van der Waals surface area contributed by atoms with Crippen LogP contribution in [0.15, 0.2) is 77.7 Å². The summed E-state index contributed by atoms with van der Waals surface area (Å²) in [6.07, 6.45) is 0.866. The van der Waals surface area contributed by atoms with Gasteiger partial charge in [-0.2, -0.15) is 0 Å². The fourth-order valence-electron chi connectivity index (χ4n) is 3.90. The van der Waals surface area contributed by atoms with Crippen molar-refractivity contribution in [3.8, 4) is 0 Å². The van der Waals surface area contributed by atoms with E-state index in [4.69, 9.17) is 0 Å². The average Bonchev–Trinajstić information content (AvgIpc) is 3.07. The number of amides is 1. The number of halogens is 2. The summed E-state index contributed by atoms with van der Waals surface area (Å²) in [5.74, 6) is -2.49. The van der Waals surface area contributed by atoms with E-state index in [-0.39, 0.29) is 11.6 Å². The molecule has 1 aliphatic rings. The molecule has 9 heteroatoms. The van der Waals surface area contributed by atoms with Crippen molar-refractivity contribution in [1.29, 1.82) is 0 Å². The second kappa shape index (κ2) is 10.3. The van der Waals surface area contributed by atoms with Gasteiger partial charge in [-0.25, -0.2) is 17.2 Å². The summed E-state index contributed by atoms with van der Waals surface area (Å²) in [4.78, 5) is 16.7. The van der Waals surface area contributed by atoms with Crippen LogP contribution in [0.2, 0.25) is 0 Å². The molecule has 0 bridgehead atoms. The molecule has 3 aromatic rings. The third kappa shape index (κ3) is 5.78. The van der Waals surface area contributed by atoms with E-state index < -0.39 is 26.6 Å². The van der Waals surface area contributed by atoms with Gasteiger partial charge >= 0.3 is 0 Å². The molecule has 0 saturated carbocycles. The SMILES string of the molecule is O=C(c1ccc(NS(=O)(=O)c2ccc(F)c(F)c2)cc1)N1CCCN(Cc2ccccc2)CC1. The van der Waals surface area contributed by atoms with Gasteiger partial charge in [0.25, 0.3) is 15.9 Å². The molecule has 6 nitrogen and oxygen atoms in total. The predicted molar refractivity (Wildman–Crippen MR) is 126 cm³/mol. The number of sulfonamides is 1. The lowest BCUT2D eigenvalue weighted by atomic mass is 10.2. The zero-order chi connectivity index (χ0) is 24.1. The number of carbonyl (C=O) groups is 1. The lowest BCUT2D eigenvalue weighted by Crippen LogP contribution is -2.35. The smallest absolute Gasteiger partial charge is 0.261 e. The molecular formula is C25H25F2N3O3S. The molecular weight excluding hydrogens is 460 g/mol. The van der Waals surface area contributed by atoms with Crippen molar-refractivity contribution in [2.75, 3.05) is 30.9 Å². The fraction of sp³-hybridized carbons (Fsp3) is 0.240. The second-order valence-electron chi connectivity index (χ2n) is 8.17. The Morgan fingerprint density at radius 1 is 0.853 bits per heavy atom. The Balaban J connectivity index is 1.37. The summed E-state index contributed by atoms with van der Waals surface area (Å²) < 4.78 is 53.7. The van der Waals surface area contributed by atoms with E-state index in [0.717, 1.165) is 38.2 Å². The van der Waals surface area contributed by atoms with Crippen molar-refractivity contribution in [2.45, 2.75) is 17.9 Å². The van der Waals surface area contributed by atoms with E-state index in [1.807, 2.05) is 23.1 Å². The van der Waals surface area contributed by atoms with Crippen LogP contribution in [-0.2, 0) is 16.6 Å². The Kier molecular flexibility index (Phi) is 7.23. The Morgan fingerprint density at radius 2 is 1.59 bits per heavy atom. The van der Waals surface area contributed by atoms with Gasteiger partial charge in [0.1, 0.15) is 0 Å². The van der Waals surface area contributed by atoms with Gasteiger partial charge in [0, 0.05) is 44.0 Å². The number of hydrogen-bond donors (Lipinski definition) is 1. The number of carbonyl (C=O) groups excluding carboxylic acids is 1. The maximum atomic E-state index is 13.4. The molecule has 1 fully saturated rings. The van der Waals surface area contributed by atoms with Crippen molar-refractivity contribution < 1.29 is 22.0 Å². The van der Waals surface area contributed by atoms with E-state index in [0.29, 0.717) is 24.7 Å². The molecule has 0 aliphatic carbocycles. The topological polar surface area (TPSA) is 69.7 Å². The highest BCUT2D eigenvalue weighted by Crippen LogP contribution is 2.20. The third-order valence-electron chi connectivity index (χ3n) is 5.71. The number of nitrogens with zero attached hydrogens (tertiary/aromatic N) is 2. The van der Waals surface area contributed by atoms with Crippen LogP contribution < -0.4 is 4.72 Å². The van der Waals surface area contributed by atoms with Gasteiger partial charge in [-0.3, -0.25) is 14.4 Å². The van der Waals surface area contributed by atoms with Crippen LogP contribution in [-0.4, -0.2) is 50.3 Å². The molecule has 1 aliphatic heterocycles. The molecule has 0 spiro atoms. The lowest BCUT2D eigenvalue weighted by molar-refractivity contribution is 0.0761. The molecule has 0 radical (unpaired) electrons. The Bertz CT molecular complexity index is 1250. The van der Waals surface area contributed by atoms with E-state index in [1.54, 1.807) is 12.1 Å². The number of hydrogen-bond acceptors (Lipinski definition) is 4. The first-order chi connectivity index (χ1) is 16.3. The Labute approximate surface area is 197 Å². The predicted octanol–water partition coefficient (Wildman–Crippen LogP) is 4.11. The maximum Gasteiger partial charge on any atom is 0.261 e. The highest BCUT2D eigenvalue weighted by Gasteiger charge is 2.21. The number of rotatable bonds is 6. The molecule has 0 unspecified atom stereocenters. The molecule has 1 heterocycles. The highest BCUT2D eigenvalue weighted by molar-refractivity contribution is 7.92. The van der Waals surface area contributed by atoms with Crippen LogP contribution in [0.5, 0.6) is 0 Å². The van der Waals surface area contributed by atoms with Crippen LogP contribution in [0.1, 0.15) is 22.3 Å². The molecule has 34 heavy (non-hydrogen) atoms. The number of benzene rings is 3. The van der Waals surface area contributed by atoms with Gasteiger partial charge in [-0.15, -0.1) is 0 Å². The van der Waals surface area contributed by atoms with E-state index in [1.165, 1.54) is 17.7 Å². The van der Waals surface area contributed by atoms with E-state index in [9.17, 15) is 22.0 Å². The summed E-state index contributed by atoms with van der Waals surface area (Å²) in [5, 5.41) is 0. The Hall–Kier alpha value is -3.30. The van der Waals surface area contributed by atoms with Gasteiger partial charge in [-0.05, 0) is 54.4 Å². The number of anilines is 1. The van der Waals surface area contributed by atoms with E-state index >= 15 is 0 Å². The minimum Gasteiger partial charge on any atom is -0.337 e. The van der Waals surface area contributed by atoms with Gasteiger partial charge < -0.3 is 4.90 Å². The zero-order valence-electron chi connectivity index (χ0n) is 18.5. The first-order valence-electron chi connectivity index (χ1n) is 11.0. The normalized spacial score (nSPS) is 15.1. The molecule has 1 amide bonds. The summed E-state index contributed by atoms with van der Waals surface area (Å²) >= 11 is 0. The van der Waals surface area contributed by atoms with E-state index in [2.05, 4.69) is 21.8 Å². The van der Waals surface area contributed by atoms with Gasteiger partial charge in [-0.1, -0.05) is 30.3 Å². The number of nitrogens with one attached hydrogen (secondary N) is 1. The van der Waals surface area contributed by atoms with Crippen molar-refractivity contribution in [3.63, 3.8) is 0 Å². The summed E-state index contributed by atoms with van der Waals surface area (Å²) in [7, 11) is -4.10.